The average Bonchev–Trinajstić information content (AvgIpc) is 2.82. The molecule has 0 heterocycles. The first kappa shape index (κ1) is 24.2. The topological polar surface area (TPSA) is 85.9 Å². The summed E-state index contributed by atoms with van der Waals surface area (Å²) >= 11 is 12.1. The van der Waals surface area contributed by atoms with Crippen molar-refractivity contribution in [3.63, 3.8) is 0 Å². The van der Waals surface area contributed by atoms with Crippen LogP contribution in [0.15, 0.2) is 60.7 Å². The predicted molar refractivity (Wildman–Crippen MR) is 129 cm³/mol. The second kappa shape index (κ2) is 10.9. The van der Waals surface area contributed by atoms with Gasteiger partial charge in [0.1, 0.15) is 22.3 Å². The molecule has 1 unspecified atom stereocenters. The quantitative estimate of drug-likeness (QED) is 0.426. The Hall–Kier alpha value is -3.42. The van der Waals surface area contributed by atoms with E-state index in [-0.39, 0.29) is 16.7 Å². The lowest BCUT2D eigenvalue weighted by Gasteiger charge is -2.19. The van der Waals surface area contributed by atoms with Crippen molar-refractivity contribution in [1.82, 2.24) is 0 Å². The summed E-state index contributed by atoms with van der Waals surface area (Å²) in [5, 5.41) is 6.08. The van der Waals surface area contributed by atoms with Crippen LogP contribution >= 0.6 is 23.2 Å². The third-order valence-corrected chi connectivity index (χ3v) is 5.45. The van der Waals surface area contributed by atoms with Crippen molar-refractivity contribution in [1.29, 1.82) is 0 Å². The minimum Gasteiger partial charge on any atom is -0.494 e. The summed E-state index contributed by atoms with van der Waals surface area (Å²) in [7, 11) is 2.91. The lowest BCUT2D eigenvalue weighted by Crippen LogP contribution is -2.30. The van der Waals surface area contributed by atoms with Crippen LogP contribution in [0.1, 0.15) is 17.3 Å². The predicted octanol–water partition coefficient (Wildman–Crippen LogP) is 5.67. The van der Waals surface area contributed by atoms with Crippen molar-refractivity contribution in [3.8, 4) is 17.2 Å². The van der Waals surface area contributed by atoms with Crippen LogP contribution in [0.2, 0.25) is 10.0 Å². The lowest BCUT2D eigenvalue weighted by molar-refractivity contribution is -0.122. The van der Waals surface area contributed by atoms with E-state index in [0.717, 1.165) is 0 Å². The van der Waals surface area contributed by atoms with E-state index in [0.29, 0.717) is 33.5 Å². The Morgan fingerprint density at radius 3 is 2.03 bits per heavy atom. The fraction of sp³-hybridized carbons (Fsp3) is 0.167. The van der Waals surface area contributed by atoms with E-state index in [2.05, 4.69) is 10.6 Å². The van der Waals surface area contributed by atoms with Crippen molar-refractivity contribution >= 4 is 46.4 Å². The third kappa shape index (κ3) is 5.88. The highest BCUT2D eigenvalue weighted by Gasteiger charge is 2.21. The van der Waals surface area contributed by atoms with Gasteiger partial charge in [-0.3, -0.25) is 9.59 Å². The van der Waals surface area contributed by atoms with Gasteiger partial charge in [0.25, 0.3) is 11.8 Å². The Morgan fingerprint density at radius 2 is 1.42 bits per heavy atom. The molecule has 0 aliphatic carbocycles. The van der Waals surface area contributed by atoms with E-state index >= 15 is 0 Å². The maximum absolute atomic E-state index is 12.8. The van der Waals surface area contributed by atoms with Crippen molar-refractivity contribution < 1.29 is 23.8 Å². The molecule has 0 aliphatic rings. The molecule has 7 nitrogen and oxygen atoms in total. The van der Waals surface area contributed by atoms with Crippen LogP contribution in [0.3, 0.4) is 0 Å². The number of rotatable bonds is 8. The molecule has 2 N–H and O–H groups in total. The SMILES string of the molecule is COc1cc(NC(=O)C(C)Oc2cccc(Cl)c2Cl)c(OC)cc1NC(=O)c1ccccc1. The molecule has 3 rings (SSSR count). The van der Waals surface area contributed by atoms with Crippen LogP contribution < -0.4 is 24.8 Å². The van der Waals surface area contributed by atoms with Gasteiger partial charge in [0.05, 0.1) is 30.6 Å². The molecule has 33 heavy (non-hydrogen) atoms. The number of carbonyl (C=O) groups is 2. The van der Waals surface area contributed by atoms with Gasteiger partial charge < -0.3 is 24.8 Å². The van der Waals surface area contributed by atoms with Gasteiger partial charge in [0.15, 0.2) is 6.10 Å². The van der Waals surface area contributed by atoms with Gasteiger partial charge in [-0.25, -0.2) is 0 Å². The molecule has 3 aromatic rings. The van der Waals surface area contributed by atoms with E-state index in [4.69, 9.17) is 37.4 Å². The summed E-state index contributed by atoms with van der Waals surface area (Å²) < 4.78 is 16.5. The van der Waals surface area contributed by atoms with Crippen molar-refractivity contribution in [2.45, 2.75) is 13.0 Å². The van der Waals surface area contributed by atoms with Gasteiger partial charge in [-0.15, -0.1) is 0 Å². The molecule has 0 aromatic heterocycles. The summed E-state index contributed by atoms with van der Waals surface area (Å²) in [6, 6.07) is 16.8. The zero-order valence-electron chi connectivity index (χ0n) is 18.1. The van der Waals surface area contributed by atoms with Crippen LogP contribution in [0, 0.1) is 0 Å². The van der Waals surface area contributed by atoms with E-state index in [9.17, 15) is 9.59 Å². The Bertz CT molecular complexity index is 1160. The number of hydrogen-bond acceptors (Lipinski definition) is 5. The molecule has 0 bridgehead atoms. The molecule has 9 heteroatoms. The highest BCUT2D eigenvalue weighted by atomic mass is 35.5. The highest BCUT2D eigenvalue weighted by Crippen LogP contribution is 2.37. The number of amides is 2. The fourth-order valence-corrected chi connectivity index (χ4v) is 3.27. The van der Waals surface area contributed by atoms with Crippen LogP contribution in [0.4, 0.5) is 11.4 Å². The van der Waals surface area contributed by atoms with Crippen molar-refractivity contribution in [2.75, 3.05) is 24.9 Å². The monoisotopic (exact) mass is 488 g/mol. The zero-order chi connectivity index (χ0) is 24.0. The average molecular weight is 489 g/mol. The summed E-state index contributed by atoms with van der Waals surface area (Å²) in [5.74, 6) is 0.179. The first-order valence-electron chi connectivity index (χ1n) is 9.88. The molecule has 2 amide bonds. The smallest absolute Gasteiger partial charge is 0.265 e. The second-order valence-electron chi connectivity index (χ2n) is 6.87. The third-order valence-electron chi connectivity index (χ3n) is 4.65. The minimum absolute atomic E-state index is 0.219. The number of carbonyl (C=O) groups excluding carboxylic acids is 2. The molecule has 1 atom stereocenters. The summed E-state index contributed by atoms with van der Waals surface area (Å²) in [6.45, 7) is 1.57. The summed E-state index contributed by atoms with van der Waals surface area (Å²) in [4.78, 5) is 25.3. The molecule has 172 valence electrons. The standard InChI is InChI=1S/C24H22Cl2N2O5/c1-14(33-19-11-7-10-16(25)22(19)26)23(29)27-17-12-21(32-3)18(13-20(17)31-2)28-24(30)15-8-5-4-6-9-15/h4-14H,1-3H3,(H,27,29)(H,28,30). The van der Waals surface area contributed by atoms with Crippen LogP contribution in [-0.2, 0) is 4.79 Å². The Morgan fingerprint density at radius 1 is 0.818 bits per heavy atom. The second-order valence-corrected chi connectivity index (χ2v) is 7.66. The molecule has 0 aliphatic heterocycles. The number of hydrogen-bond donors (Lipinski definition) is 2. The minimum atomic E-state index is -0.894. The maximum Gasteiger partial charge on any atom is 0.265 e. The van der Waals surface area contributed by atoms with E-state index in [1.165, 1.54) is 14.2 Å². The number of nitrogens with one attached hydrogen (secondary N) is 2. The number of benzene rings is 3. The molecule has 0 saturated carbocycles. The first-order chi connectivity index (χ1) is 15.8. The van der Waals surface area contributed by atoms with Gasteiger partial charge >= 0.3 is 0 Å². The van der Waals surface area contributed by atoms with Gasteiger partial charge in [0, 0.05) is 17.7 Å². The number of ether oxygens (including phenoxy) is 3. The van der Waals surface area contributed by atoms with Crippen LogP contribution in [0.5, 0.6) is 17.2 Å². The van der Waals surface area contributed by atoms with Gasteiger partial charge in [-0.2, -0.15) is 0 Å². The normalized spacial score (nSPS) is 11.3. The lowest BCUT2D eigenvalue weighted by atomic mass is 10.2. The summed E-state index contributed by atoms with van der Waals surface area (Å²) in [5.41, 5.74) is 1.21. The van der Waals surface area contributed by atoms with E-state index in [1.54, 1.807) is 61.5 Å². The van der Waals surface area contributed by atoms with Crippen molar-refractivity contribution in [3.05, 3.63) is 76.3 Å². The number of halogens is 2. The maximum atomic E-state index is 12.8. The van der Waals surface area contributed by atoms with Gasteiger partial charge in [0.2, 0.25) is 0 Å². The molecule has 3 aromatic carbocycles. The van der Waals surface area contributed by atoms with Crippen molar-refractivity contribution in [2.24, 2.45) is 0 Å². The van der Waals surface area contributed by atoms with E-state index < -0.39 is 12.0 Å². The molecule has 0 radical (unpaired) electrons. The fourth-order valence-electron chi connectivity index (χ4n) is 2.93. The highest BCUT2D eigenvalue weighted by molar-refractivity contribution is 6.42. The van der Waals surface area contributed by atoms with Gasteiger partial charge in [-0.1, -0.05) is 47.5 Å². The Labute approximate surface area is 201 Å². The Kier molecular flexibility index (Phi) is 8.03. The molecule has 0 fully saturated rings. The number of anilines is 2. The summed E-state index contributed by atoms with van der Waals surface area (Å²) in [6.07, 6.45) is -0.894. The molecular formula is C24H22Cl2N2O5. The molecular weight excluding hydrogens is 467 g/mol. The first-order valence-corrected chi connectivity index (χ1v) is 10.6. The van der Waals surface area contributed by atoms with E-state index in [1.807, 2.05) is 6.07 Å². The molecule has 0 spiro atoms. The molecule has 0 saturated heterocycles. The van der Waals surface area contributed by atoms with Crippen LogP contribution in [-0.4, -0.2) is 32.1 Å². The van der Waals surface area contributed by atoms with Gasteiger partial charge in [-0.05, 0) is 31.2 Å². The Balaban J connectivity index is 1.79. The van der Waals surface area contributed by atoms with Crippen LogP contribution in [0.25, 0.3) is 0 Å². The largest absolute Gasteiger partial charge is 0.494 e. The zero-order valence-corrected chi connectivity index (χ0v) is 19.7. The number of methoxy groups -OCH3 is 2.